The van der Waals surface area contributed by atoms with Crippen LogP contribution in [0.1, 0.15) is 18.4 Å². The molecule has 2 aliphatic heterocycles. The number of hydrogen-bond donors (Lipinski definition) is 3. The zero-order valence-electron chi connectivity index (χ0n) is 16.0. The first-order chi connectivity index (χ1) is 13.4. The number of fused-ring (bicyclic) bond motifs is 1. The number of rotatable bonds is 5. The Balaban J connectivity index is 1.41. The van der Waals surface area contributed by atoms with Gasteiger partial charge in [-0.2, -0.15) is 0 Å². The third kappa shape index (κ3) is 3.77. The first-order valence-electron chi connectivity index (χ1n) is 9.23. The van der Waals surface area contributed by atoms with Gasteiger partial charge in [-0.1, -0.05) is 17.0 Å². The molecule has 0 amide bonds. The molecule has 0 saturated carbocycles. The molecule has 152 valence electrons. The van der Waals surface area contributed by atoms with Crippen LogP contribution in [0.4, 0.5) is 0 Å². The fraction of sp³-hybridized carbons (Fsp3) is 0.688. The molecular formula is C16H25N8O3S+. The van der Waals surface area contributed by atoms with Gasteiger partial charge in [-0.15, -0.1) is 9.78 Å². The van der Waals surface area contributed by atoms with Crippen LogP contribution in [0.5, 0.6) is 0 Å². The third-order valence-corrected chi connectivity index (χ3v) is 5.90. The normalized spacial score (nSPS) is 29.6. The van der Waals surface area contributed by atoms with E-state index in [9.17, 15) is 10.2 Å². The summed E-state index contributed by atoms with van der Waals surface area (Å²) in [4.78, 5) is 4.42. The van der Waals surface area contributed by atoms with Gasteiger partial charge >= 0.3 is 0 Å². The minimum absolute atomic E-state index is 0.294. The maximum absolute atomic E-state index is 10.5. The fourth-order valence-electron chi connectivity index (χ4n) is 3.43. The Morgan fingerprint density at radius 2 is 2.18 bits per heavy atom. The Morgan fingerprint density at radius 3 is 2.89 bits per heavy atom. The molecule has 1 fully saturated rings. The zero-order valence-corrected chi connectivity index (χ0v) is 16.8. The maximum Gasteiger partial charge on any atom is 0.274 e. The minimum Gasteiger partial charge on any atom is -0.388 e. The van der Waals surface area contributed by atoms with Crippen molar-refractivity contribution in [1.29, 1.82) is 0 Å². The van der Waals surface area contributed by atoms with E-state index in [1.807, 2.05) is 38.0 Å². The van der Waals surface area contributed by atoms with Crippen LogP contribution in [0.15, 0.2) is 17.5 Å². The molecule has 0 unspecified atom stereocenters. The lowest BCUT2D eigenvalue weighted by atomic mass is 9.98. The van der Waals surface area contributed by atoms with E-state index < -0.39 is 24.4 Å². The molecule has 12 heteroatoms. The summed E-state index contributed by atoms with van der Waals surface area (Å²) in [6.45, 7) is 5.49. The van der Waals surface area contributed by atoms with Crippen molar-refractivity contribution in [2.24, 2.45) is 12.0 Å². The molecule has 4 rings (SSSR count). The summed E-state index contributed by atoms with van der Waals surface area (Å²) in [5, 5.41) is 37.5. The molecule has 2 aliphatic rings. The Labute approximate surface area is 166 Å². The molecule has 28 heavy (non-hydrogen) atoms. The monoisotopic (exact) mass is 409 g/mol. The highest BCUT2D eigenvalue weighted by Gasteiger charge is 2.48. The number of aryl methyl sites for hydroxylation is 2. The average Bonchev–Trinajstić information content (AvgIpc) is 3.33. The molecule has 0 aliphatic carbocycles. The van der Waals surface area contributed by atoms with E-state index in [2.05, 4.69) is 25.7 Å². The first-order valence-corrected chi connectivity index (χ1v) is 10.1. The molecule has 11 nitrogen and oxygen atoms in total. The smallest absolute Gasteiger partial charge is 0.274 e. The van der Waals surface area contributed by atoms with Crippen molar-refractivity contribution < 1.29 is 19.5 Å². The standard InChI is InChI=1S/C16H25N8O3S/c1-4-17-16-18-12-14(26)13(25)11(27-15(12)28-16)7-24-6-10(19-21-24)5-23-8-22(3)20-9(23)2/h6,8,11-15,25-26H,4-5,7H2,1-3H3,(H,17,18)/q+1/t11-,12-,13-,14-,15-/m1/s1. The quantitative estimate of drug-likeness (QED) is 0.493. The number of aliphatic hydroxyl groups is 2. The molecular weight excluding hydrogens is 384 g/mol. The van der Waals surface area contributed by atoms with E-state index in [0.29, 0.717) is 13.1 Å². The van der Waals surface area contributed by atoms with Gasteiger partial charge in [-0.25, -0.2) is 9.25 Å². The lowest BCUT2D eigenvalue weighted by Crippen LogP contribution is -2.55. The second-order valence-electron chi connectivity index (χ2n) is 6.99. The summed E-state index contributed by atoms with van der Waals surface area (Å²) >= 11 is 1.44. The van der Waals surface area contributed by atoms with Crippen LogP contribution >= 0.6 is 11.8 Å². The van der Waals surface area contributed by atoms with Gasteiger partial charge in [0.1, 0.15) is 42.0 Å². The van der Waals surface area contributed by atoms with Gasteiger partial charge in [0.05, 0.1) is 19.8 Å². The fourth-order valence-corrected chi connectivity index (χ4v) is 4.62. The highest BCUT2D eigenvalue weighted by molar-refractivity contribution is 8.14. The average molecular weight is 409 g/mol. The summed E-state index contributed by atoms with van der Waals surface area (Å²) in [7, 11) is 1.87. The number of aliphatic imine (C=N–C) groups is 1. The number of nitrogens with one attached hydrogen (secondary N) is 1. The van der Waals surface area contributed by atoms with Crippen molar-refractivity contribution in [3.05, 3.63) is 24.0 Å². The molecule has 0 spiro atoms. The first kappa shape index (κ1) is 19.3. The number of amidine groups is 1. The predicted octanol–water partition coefficient (Wildman–Crippen LogP) is -1.82. The zero-order chi connectivity index (χ0) is 19.8. The van der Waals surface area contributed by atoms with Crippen LogP contribution in [0.2, 0.25) is 0 Å². The Hall–Kier alpha value is -2.02. The second-order valence-corrected chi connectivity index (χ2v) is 8.08. The molecule has 4 heterocycles. The van der Waals surface area contributed by atoms with E-state index in [4.69, 9.17) is 4.74 Å². The Bertz CT molecular complexity index is 868. The second kappa shape index (κ2) is 7.78. The Kier molecular flexibility index (Phi) is 5.36. The van der Waals surface area contributed by atoms with Crippen molar-refractivity contribution >= 4 is 16.9 Å². The third-order valence-electron chi connectivity index (χ3n) is 4.80. The number of hydrogen-bond acceptors (Lipinski definition) is 9. The van der Waals surface area contributed by atoms with Crippen LogP contribution in [-0.4, -0.2) is 76.5 Å². The van der Waals surface area contributed by atoms with Gasteiger partial charge in [0.2, 0.25) is 6.33 Å². The van der Waals surface area contributed by atoms with Gasteiger partial charge in [-0.05, 0) is 6.92 Å². The lowest BCUT2D eigenvalue weighted by molar-refractivity contribution is -0.695. The van der Waals surface area contributed by atoms with Crippen molar-refractivity contribution in [2.45, 2.75) is 56.7 Å². The van der Waals surface area contributed by atoms with Crippen molar-refractivity contribution in [3.8, 4) is 0 Å². The number of aliphatic hydroxyl groups excluding tert-OH is 2. The van der Waals surface area contributed by atoms with E-state index >= 15 is 0 Å². The summed E-state index contributed by atoms with van der Waals surface area (Å²) in [5.74, 6) is 0.881. The van der Waals surface area contributed by atoms with E-state index in [1.165, 1.54) is 11.8 Å². The summed E-state index contributed by atoms with van der Waals surface area (Å²) < 4.78 is 11.4. The number of thioether (sulfide) groups is 1. The van der Waals surface area contributed by atoms with E-state index in [-0.39, 0.29) is 5.44 Å². The van der Waals surface area contributed by atoms with Crippen molar-refractivity contribution in [2.75, 3.05) is 6.54 Å². The highest BCUT2D eigenvalue weighted by Crippen LogP contribution is 2.36. The molecule has 0 bridgehead atoms. The predicted molar refractivity (Wildman–Crippen MR) is 100 cm³/mol. The molecule has 0 radical (unpaired) electrons. The van der Waals surface area contributed by atoms with E-state index in [0.717, 1.165) is 23.2 Å². The van der Waals surface area contributed by atoms with E-state index in [1.54, 1.807) is 9.36 Å². The molecule has 1 saturated heterocycles. The van der Waals surface area contributed by atoms with Gasteiger partial charge in [0.25, 0.3) is 5.82 Å². The largest absolute Gasteiger partial charge is 0.388 e. The van der Waals surface area contributed by atoms with Crippen LogP contribution in [0.3, 0.4) is 0 Å². The Morgan fingerprint density at radius 1 is 1.36 bits per heavy atom. The SMILES string of the molecule is CCNC1=N[C@@H]2[C@@H](O)[C@H](O)[C@@H](Cn3cc(C[n+]4cn(C)nc4C)nn3)O[C@@H]2S1. The number of nitrogens with zero attached hydrogens (tertiary/aromatic N) is 7. The summed E-state index contributed by atoms with van der Waals surface area (Å²) in [6.07, 6.45) is 1.08. The molecule has 2 aromatic heterocycles. The van der Waals surface area contributed by atoms with Gasteiger partial charge < -0.3 is 20.3 Å². The molecule has 2 aromatic rings. The van der Waals surface area contributed by atoms with Crippen molar-refractivity contribution in [1.82, 2.24) is 30.1 Å². The molecule has 5 atom stereocenters. The summed E-state index contributed by atoms with van der Waals surface area (Å²) in [6, 6.07) is -0.471. The van der Waals surface area contributed by atoms with Gasteiger partial charge in [-0.3, -0.25) is 4.99 Å². The van der Waals surface area contributed by atoms with Gasteiger partial charge in [0.15, 0.2) is 5.17 Å². The summed E-state index contributed by atoms with van der Waals surface area (Å²) in [5.41, 5.74) is 0.451. The topological polar surface area (TPSA) is 126 Å². The molecule has 0 aromatic carbocycles. The van der Waals surface area contributed by atoms with Gasteiger partial charge in [0, 0.05) is 18.6 Å². The number of aromatic nitrogens is 6. The van der Waals surface area contributed by atoms with Crippen molar-refractivity contribution in [3.63, 3.8) is 0 Å². The van der Waals surface area contributed by atoms with Crippen LogP contribution < -0.4 is 9.88 Å². The molecule has 3 N–H and O–H groups in total. The van der Waals surface area contributed by atoms with Crippen LogP contribution in [-0.2, 0) is 24.9 Å². The minimum atomic E-state index is -1.05. The van der Waals surface area contributed by atoms with Crippen LogP contribution in [0, 0.1) is 6.92 Å². The van der Waals surface area contributed by atoms with Crippen LogP contribution in [0.25, 0.3) is 0 Å². The number of ether oxygens (including phenoxy) is 1. The lowest BCUT2D eigenvalue weighted by Gasteiger charge is -2.38. The highest BCUT2D eigenvalue weighted by atomic mass is 32.2. The maximum atomic E-state index is 10.5.